The first-order chi connectivity index (χ1) is 14.3. The van der Waals surface area contributed by atoms with E-state index >= 15 is 0 Å². The maximum absolute atomic E-state index is 13.4. The molecule has 0 unspecified atom stereocenters. The van der Waals surface area contributed by atoms with Gasteiger partial charge in [-0.1, -0.05) is 36.4 Å². The van der Waals surface area contributed by atoms with Crippen molar-refractivity contribution >= 4 is 28.4 Å². The fraction of sp³-hybridized carbons (Fsp3) is 0.238. The highest BCUT2D eigenvalue weighted by atomic mass is 32.1. The fourth-order valence-corrected chi connectivity index (χ4v) is 4.12. The minimum atomic E-state index is -0.149. The van der Waals surface area contributed by atoms with E-state index in [1.807, 2.05) is 47.8 Å². The first-order valence-corrected chi connectivity index (χ1v) is 10.4. The zero-order chi connectivity index (χ0) is 19.6. The number of hydrogen-bond acceptors (Lipinski definition) is 7. The maximum Gasteiger partial charge on any atom is 0.279 e. The monoisotopic (exact) mass is 405 g/mol. The molecular formula is C21H19N5O2S. The van der Waals surface area contributed by atoms with Crippen LogP contribution in [0.25, 0.3) is 22.4 Å². The second-order valence-electron chi connectivity index (χ2n) is 6.78. The van der Waals surface area contributed by atoms with Gasteiger partial charge < -0.3 is 9.64 Å². The van der Waals surface area contributed by atoms with Crippen LogP contribution in [-0.2, 0) is 11.3 Å². The van der Waals surface area contributed by atoms with Crippen molar-refractivity contribution < 1.29 is 4.74 Å². The molecule has 0 radical (unpaired) electrons. The highest BCUT2D eigenvalue weighted by Gasteiger charge is 2.19. The molecule has 1 aliphatic rings. The third kappa shape index (κ3) is 3.52. The minimum absolute atomic E-state index is 0.149. The first kappa shape index (κ1) is 18.0. The number of rotatable bonds is 4. The van der Waals surface area contributed by atoms with E-state index in [2.05, 4.69) is 14.9 Å². The summed E-state index contributed by atoms with van der Waals surface area (Å²) >= 11 is 1.62. The van der Waals surface area contributed by atoms with Gasteiger partial charge in [0.15, 0.2) is 5.65 Å². The lowest BCUT2D eigenvalue weighted by atomic mass is 10.1. The van der Waals surface area contributed by atoms with Crippen molar-refractivity contribution in [2.75, 3.05) is 31.2 Å². The van der Waals surface area contributed by atoms with Gasteiger partial charge in [0.2, 0.25) is 5.95 Å². The largest absolute Gasteiger partial charge is 0.378 e. The SMILES string of the molecule is O=c1c(-c2ccccc2)nc2cnc(N3CCOCC3)nc2n1Cc1cccs1. The molecule has 0 bridgehead atoms. The molecule has 4 heterocycles. The van der Waals surface area contributed by atoms with Crippen molar-refractivity contribution in [2.45, 2.75) is 6.54 Å². The quantitative estimate of drug-likeness (QED) is 0.520. The van der Waals surface area contributed by atoms with Crippen molar-refractivity contribution in [1.82, 2.24) is 19.5 Å². The zero-order valence-electron chi connectivity index (χ0n) is 15.7. The highest BCUT2D eigenvalue weighted by Crippen LogP contribution is 2.20. The average Bonchev–Trinajstić information content (AvgIpc) is 3.30. The van der Waals surface area contributed by atoms with Crippen molar-refractivity contribution in [1.29, 1.82) is 0 Å². The van der Waals surface area contributed by atoms with Crippen LogP contribution in [-0.4, -0.2) is 45.8 Å². The Kier molecular flexibility index (Phi) is 4.79. The van der Waals surface area contributed by atoms with Crippen molar-refractivity contribution in [3.8, 4) is 11.3 Å². The molecule has 3 aromatic heterocycles. The molecule has 0 N–H and O–H groups in total. The van der Waals surface area contributed by atoms with Crippen LogP contribution in [0.4, 0.5) is 5.95 Å². The molecule has 8 heteroatoms. The molecular weight excluding hydrogens is 386 g/mol. The smallest absolute Gasteiger partial charge is 0.279 e. The van der Waals surface area contributed by atoms with E-state index in [0.717, 1.165) is 23.5 Å². The molecule has 0 saturated carbocycles. The Balaban J connectivity index is 1.69. The normalized spacial score (nSPS) is 14.4. The van der Waals surface area contributed by atoms with Gasteiger partial charge in [-0.3, -0.25) is 9.36 Å². The van der Waals surface area contributed by atoms with E-state index in [1.165, 1.54) is 0 Å². The number of benzene rings is 1. The number of aromatic nitrogens is 4. The topological polar surface area (TPSA) is 73.1 Å². The molecule has 7 nitrogen and oxygen atoms in total. The predicted molar refractivity (Wildman–Crippen MR) is 113 cm³/mol. The molecule has 0 aliphatic carbocycles. The van der Waals surface area contributed by atoms with E-state index < -0.39 is 0 Å². The summed E-state index contributed by atoms with van der Waals surface area (Å²) in [5, 5.41) is 2.01. The van der Waals surface area contributed by atoms with Crippen molar-refractivity contribution in [2.24, 2.45) is 0 Å². The molecule has 0 spiro atoms. The Morgan fingerprint density at radius 1 is 1.03 bits per heavy atom. The Morgan fingerprint density at radius 3 is 2.62 bits per heavy atom. The van der Waals surface area contributed by atoms with Gasteiger partial charge in [-0.05, 0) is 11.4 Å². The lowest BCUT2D eigenvalue weighted by molar-refractivity contribution is 0.122. The number of thiophene rings is 1. The van der Waals surface area contributed by atoms with E-state index in [1.54, 1.807) is 22.1 Å². The molecule has 1 aromatic carbocycles. The molecule has 0 amide bonds. The summed E-state index contributed by atoms with van der Waals surface area (Å²) in [6.45, 7) is 3.21. The second kappa shape index (κ2) is 7.73. The molecule has 0 atom stereocenters. The second-order valence-corrected chi connectivity index (χ2v) is 7.81. The summed E-state index contributed by atoms with van der Waals surface area (Å²) in [6, 6.07) is 13.5. The first-order valence-electron chi connectivity index (χ1n) is 9.48. The van der Waals surface area contributed by atoms with Crippen LogP contribution in [0.15, 0.2) is 58.8 Å². The van der Waals surface area contributed by atoms with E-state index in [0.29, 0.717) is 42.6 Å². The van der Waals surface area contributed by atoms with Gasteiger partial charge in [0.05, 0.1) is 26.0 Å². The number of hydrogen-bond donors (Lipinski definition) is 0. The highest BCUT2D eigenvalue weighted by molar-refractivity contribution is 7.09. The molecule has 1 fully saturated rings. The molecule has 5 rings (SSSR count). The zero-order valence-corrected chi connectivity index (χ0v) is 16.5. The van der Waals surface area contributed by atoms with Crippen molar-refractivity contribution in [3.05, 3.63) is 69.3 Å². The van der Waals surface area contributed by atoms with Crippen LogP contribution < -0.4 is 10.5 Å². The third-order valence-corrected chi connectivity index (χ3v) is 5.77. The third-order valence-electron chi connectivity index (χ3n) is 4.91. The van der Waals surface area contributed by atoms with Crippen molar-refractivity contribution in [3.63, 3.8) is 0 Å². The molecule has 146 valence electrons. The van der Waals surface area contributed by atoms with E-state index in [-0.39, 0.29) is 5.56 Å². The van der Waals surface area contributed by atoms with Gasteiger partial charge >= 0.3 is 0 Å². The van der Waals surface area contributed by atoms with E-state index in [4.69, 9.17) is 9.72 Å². The summed E-state index contributed by atoms with van der Waals surface area (Å²) in [5.41, 5.74) is 2.22. The number of nitrogens with zero attached hydrogens (tertiary/aromatic N) is 5. The standard InChI is InChI=1S/C21H19N5O2S/c27-20-18(15-5-2-1-3-6-15)23-17-13-22-21(25-8-10-28-11-9-25)24-19(17)26(20)14-16-7-4-12-29-16/h1-7,12-13H,8-11,14H2. The summed E-state index contributed by atoms with van der Waals surface area (Å²) in [7, 11) is 0. The molecule has 1 saturated heterocycles. The summed E-state index contributed by atoms with van der Waals surface area (Å²) in [5.74, 6) is 0.606. The van der Waals surface area contributed by atoms with Crippen LogP contribution >= 0.6 is 11.3 Å². The Bertz CT molecular complexity index is 1190. The lowest BCUT2D eigenvalue weighted by Gasteiger charge is -2.26. The molecule has 4 aromatic rings. The van der Waals surface area contributed by atoms with Gasteiger partial charge in [-0.25, -0.2) is 9.97 Å². The summed E-state index contributed by atoms with van der Waals surface area (Å²) in [6.07, 6.45) is 1.71. The maximum atomic E-state index is 13.4. The van der Waals surface area contributed by atoms with Crippen LogP contribution in [0.1, 0.15) is 4.88 Å². The van der Waals surface area contributed by atoms with Crippen LogP contribution in [0.2, 0.25) is 0 Å². The Labute approximate surface area is 171 Å². The number of anilines is 1. The van der Waals surface area contributed by atoms with Gasteiger partial charge in [0.1, 0.15) is 11.2 Å². The van der Waals surface area contributed by atoms with Crippen LogP contribution in [0.5, 0.6) is 0 Å². The van der Waals surface area contributed by atoms with E-state index in [9.17, 15) is 4.79 Å². The van der Waals surface area contributed by atoms with Gasteiger partial charge in [0.25, 0.3) is 5.56 Å². The predicted octanol–water partition coefficient (Wildman–Crippen LogP) is 2.80. The van der Waals surface area contributed by atoms with Gasteiger partial charge in [-0.15, -0.1) is 11.3 Å². The Hall–Kier alpha value is -3.10. The number of fused-ring (bicyclic) bond motifs is 1. The summed E-state index contributed by atoms with van der Waals surface area (Å²) in [4.78, 5) is 30.5. The fourth-order valence-electron chi connectivity index (χ4n) is 3.43. The average molecular weight is 405 g/mol. The van der Waals surface area contributed by atoms with Crippen LogP contribution in [0.3, 0.4) is 0 Å². The lowest BCUT2D eigenvalue weighted by Crippen LogP contribution is -2.37. The van der Waals surface area contributed by atoms with Gasteiger partial charge in [0, 0.05) is 23.5 Å². The Morgan fingerprint density at radius 2 is 1.86 bits per heavy atom. The van der Waals surface area contributed by atoms with Crippen LogP contribution in [0, 0.1) is 0 Å². The summed E-state index contributed by atoms with van der Waals surface area (Å²) < 4.78 is 7.13. The molecule has 1 aliphatic heterocycles. The number of ether oxygens (including phenoxy) is 1. The minimum Gasteiger partial charge on any atom is -0.378 e. The van der Waals surface area contributed by atoms with Gasteiger partial charge in [-0.2, -0.15) is 4.98 Å². The molecule has 29 heavy (non-hydrogen) atoms. The number of morpholine rings is 1.